The first-order chi connectivity index (χ1) is 8.61. The van der Waals surface area contributed by atoms with Crippen molar-refractivity contribution in [3.63, 3.8) is 0 Å². The van der Waals surface area contributed by atoms with E-state index in [9.17, 15) is 4.79 Å². The number of nitrogens with one attached hydrogen (secondary N) is 1. The molecule has 2 atom stereocenters. The van der Waals surface area contributed by atoms with Gasteiger partial charge in [-0.15, -0.1) is 12.4 Å². The fourth-order valence-corrected chi connectivity index (χ4v) is 3.13. The molecule has 106 valence electrons. The normalized spacial score (nSPS) is 21.8. The maximum absolute atomic E-state index is 12.2. The monoisotopic (exact) mass is 346 g/mol. The van der Waals surface area contributed by atoms with E-state index in [0.29, 0.717) is 12.5 Å². The number of aryl methyl sites for hydroxylation is 1. The van der Waals surface area contributed by atoms with Gasteiger partial charge in [0.1, 0.15) is 0 Å². The third-order valence-electron chi connectivity index (χ3n) is 3.74. The summed E-state index contributed by atoms with van der Waals surface area (Å²) in [5.41, 5.74) is 7.68. The number of anilines is 1. The van der Waals surface area contributed by atoms with Gasteiger partial charge in [0.25, 0.3) is 0 Å². The maximum atomic E-state index is 12.2. The summed E-state index contributed by atoms with van der Waals surface area (Å²) in [5, 5.41) is 3.03. The molecular weight excluding hydrogens is 328 g/mol. The van der Waals surface area contributed by atoms with Crippen LogP contribution in [0.3, 0.4) is 0 Å². The molecule has 1 saturated carbocycles. The lowest BCUT2D eigenvalue weighted by molar-refractivity contribution is -0.120. The molecule has 0 spiro atoms. The molecule has 0 bridgehead atoms. The Hall–Kier alpha value is -0.580. The van der Waals surface area contributed by atoms with E-state index in [1.165, 1.54) is 0 Å². The van der Waals surface area contributed by atoms with Gasteiger partial charge in [0.05, 0.1) is 0 Å². The van der Waals surface area contributed by atoms with Crippen molar-refractivity contribution in [1.82, 2.24) is 0 Å². The molecule has 0 aliphatic heterocycles. The van der Waals surface area contributed by atoms with Gasteiger partial charge in [0.15, 0.2) is 0 Å². The second kappa shape index (κ2) is 7.27. The summed E-state index contributed by atoms with van der Waals surface area (Å²) in [6.45, 7) is 2.60. The zero-order chi connectivity index (χ0) is 13.1. The molecule has 2 rings (SSSR count). The van der Waals surface area contributed by atoms with Crippen LogP contribution >= 0.6 is 28.3 Å². The molecule has 1 amide bonds. The van der Waals surface area contributed by atoms with Gasteiger partial charge in [0.2, 0.25) is 5.91 Å². The number of hydrogen-bond acceptors (Lipinski definition) is 2. The fraction of sp³-hybridized carbons (Fsp3) is 0.500. The van der Waals surface area contributed by atoms with E-state index in [2.05, 4.69) is 21.2 Å². The van der Waals surface area contributed by atoms with Gasteiger partial charge < -0.3 is 11.1 Å². The minimum absolute atomic E-state index is 0. The predicted molar refractivity (Wildman–Crippen MR) is 84.6 cm³/mol. The van der Waals surface area contributed by atoms with Crippen LogP contribution in [0.2, 0.25) is 0 Å². The molecule has 5 heteroatoms. The highest BCUT2D eigenvalue weighted by molar-refractivity contribution is 9.10. The molecule has 0 radical (unpaired) electrons. The summed E-state index contributed by atoms with van der Waals surface area (Å²) in [5.74, 6) is 0.548. The van der Waals surface area contributed by atoms with E-state index in [0.717, 1.165) is 35.0 Å². The Balaban J connectivity index is 0.00000180. The highest BCUT2D eigenvalue weighted by Crippen LogP contribution is 2.32. The van der Waals surface area contributed by atoms with Crippen molar-refractivity contribution < 1.29 is 4.79 Å². The quantitative estimate of drug-likeness (QED) is 0.879. The smallest absolute Gasteiger partial charge is 0.227 e. The predicted octanol–water partition coefficient (Wildman–Crippen LogP) is 3.49. The summed E-state index contributed by atoms with van der Waals surface area (Å²) in [6, 6.07) is 5.88. The molecule has 1 fully saturated rings. The van der Waals surface area contributed by atoms with Crippen molar-refractivity contribution in [3.05, 3.63) is 28.2 Å². The number of nitrogens with two attached hydrogens (primary N) is 1. The molecule has 0 saturated heterocycles. The Kier molecular flexibility index (Phi) is 6.30. The average Bonchev–Trinajstić information content (AvgIpc) is 2.81. The van der Waals surface area contributed by atoms with Crippen LogP contribution < -0.4 is 11.1 Å². The lowest BCUT2D eigenvalue weighted by Crippen LogP contribution is -2.29. The van der Waals surface area contributed by atoms with E-state index in [-0.39, 0.29) is 24.2 Å². The second-order valence-electron chi connectivity index (χ2n) is 4.98. The van der Waals surface area contributed by atoms with Crippen LogP contribution in [-0.4, -0.2) is 12.5 Å². The number of rotatable bonds is 3. The zero-order valence-electron chi connectivity index (χ0n) is 11.0. The average molecular weight is 348 g/mol. The number of halogens is 2. The van der Waals surface area contributed by atoms with Gasteiger partial charge in [-0.05, 0) is 56.0 Å². The molecule has 1 aliphatic rings. The summed E-state index contributed by atoms with van der Waals surface area (Å²) in [4.78, 5) is 12.2. The van der Waals surface area contributed by atoms with E-state index < -0.39 is 0 Å². The molecule has 3 nitrogen and oxygen atoms in total. The third kappa shape index (κ3) is 3.94. The van der Waals surface area contributed by atoms with Crippen LogP contribution in [0.1, 0.15) is 24.8 Å². The lowest BCUT2D eigenvalue weighted by Gasteiger charge is -2.18. The highest BCUT2D eigenvalue weighted by atomic mass is 79.9. The summed E-state index contributed by atoms with van der Waals surface area (Å²) in [6.07, 6.45) is 3.15. The number of carbonyl (C=O) groups excluding carboxylic acids is 1. The molecule has 0 aromatic heterocycles. The van der Waals surface area contributed by atoms with E-state index >= 15 is 0 Å². The third-order valence-corrected chi connectivity index (χ3v) is 4.24. The topological polar surface area (TPSA) is 55.1 Å². The van der Waals surface area contributed by atoms with Crippen LogP contribution in [0.4, 0.5) is 5.69 Å². The first-order valence-electron chi connectivity index (χ1n) is 6.39. The first kappa shape index (κ1) is 16.5. The highest BCUT2D eigenvalue weighted by Gasteiger charge is 2.31. The van der Waals surface area contributed by atoms with Crippen molar-refractivity contribution in [2.45, 2.75) is 26.2 Å². The second-order valence-corrected chi connectivity index (χ2v) is 5.90. The molecule has 1 aromatic rings. The molecule has 1 aliphatic carbocycles. The van der Waals surface area contributed by atoms with Crippen molar-refractivity contribution in [2.75, 3.05) is 11.9 Å². The van der Waals surface area contributed by atoms with Crippen molar-refractivity contribution >= 4 is 39.9 Å². The Morgan fingerprint density at radius 1 is 1.47 bits per heavy atom. The number of amides is 1. The van der Waals surface area contributed by atoms with Crippen molar-refractivity contribution in [1.29, 1.82) is 0 Å². The van der Waals surface area contributed by atoms with E-state index in [1.807, 2.05) is 25.1 Å². The van der Waals surface area contributed by atoms with Crippen LogP contribution in [0.5, 0.6) is 0 Å². The number of hydrogen-bond donors (Lipinski definition) is 2. The zero-order valence-corrected chi connectivity index (χ0v) is 13.4. The number of carbonyl (C=O) groups is 1. The van der Waals surface area contributed by atoms with Crippen LogP contribution in [-0.2, 0) is 4.79 Å². The van der Waals surface area contributed by atoms with Crippen LogP contribution in [0.25, 0.3) is 0 Å². The lowest BCUT2D eigenvalue weighted by atomic mass is 9.95. The van der Waals surface area contributed by atoms with Gasteiger partial charge in [-0.3, -0.25) is 4.79 Å². The van der Waals surface area contributed by atoms with Gasteiger partial charge in [-0.1, -0.05) is 22.4 Å². The Labute approximate surface area is 128 Å². The first-order valence-corrected chi connectivity index (χ1v) is 7.18. The SMILES string of the molecule is Cc1cc(Br)ccc1NC(=O)[C@@H]1CCC[C@@H]1CN.Cl. The fourth-order valence-electron chi connectivity index (χ4n) is 2.66. The summed E-state index contributed by atoms with van der Waals surface area (Å²) in [7, 11) is 0. The van der Waals surface area contributed by atoms with Gasteiger partial charge in [-0.2, -0.15) is 0 Å². The standard InChI is InChI=1S/C14H19BrN2O.ClH/c1-9-7-11(15)5-6-13(9)17-14(18)12-4-2-3-10(12)8-16;/h5-7,10,12H,2-4,8,16H2,1H3,(H,17,18);1H/t10-,12-;/m1./s1. The van der Waals surface area contributed by atoms with E-state index in [1.54, 1.807) is 0 Å². The maximum Gasteiger partial charge on any atom is 0.227 e. The summed E-state index contributed by atoms with van der Waals surface area (Å²) < 4.78 is 1.03. The van der Waals surface area contributed by atoms with Gasteiger partial charge in [-0.25, -0.2) is 0 Å². The van der Waals surface area contributed by atoms with Crippen LogP contribution in [0.15, 0.2) is 22.7 Å². The number of benzene rings is 1. The van der Waals surface area contributed by atoms with E-state index in [4.69, 9.17) is 5.73 Å². The molecule has 0 unspecified atom stereocenters. The van der Waals surface area contributed by atoms with Crippen molar-refractivity contribution in [3.8, 4) is 0 Å². The minimum Gasteiger partial charge on any atom is -0.330 e. The van der Waals surface area contributed by atoms with Crippen molar-refractivity contribution in [2.24, 2.45) is 17.6 Å². The summed E-state index contributed by atoms with van der Waals surface area (Å²) >= 11 is 3.42. The Morgan fingerprint density at radius 3 is 2.84 bits per heavy atom. The molecule has 1 aromatic carbocycles. The molecular formula is C14H20BrClN2O. The van der Waals surface area contributed by atoms with Gasteiger partial charge >= 0.3 is 0 Å². The molecule has 0 heterocycles. The Bertz CT molecular complexity index is 453. The molecule has 19 heavy (non-hydrogen) atoms. The Morgan fingerprint density at radius 2 is 2.21 bits per heavy atom. The minimum atomic E-state index is 0. The molecule has 3 N–H and O–H groups in total. The largest absolute Gasteiger partial charge is 0.330 e. The van der Waals surface area contributed by atoms with Crippen LogP contribution in [0, 0.1) is 18.8 Å². The van der Waals surface area contributed by atoms with Gasteiger partial charge in [0, 0.05) is 16.1 Å².